The second-order valence-electron chi connectivity index (χ2n) is 2.37. The van der Waals surface area contributed by atoms with Crippen LogP contribution < -0.4 is 0 Å². The van der Waals surface area contributed by atoms with E-state index < -0.39 is 0 Å². The lowest BCUT2D eigenvalue weighted by atomic mass is 10.1. The van der Waals surface area contributed by atoms with Gasteiger partial charge in [0.2, 0.25) is 0 Å². The fourth-order valence-corrected chi connectivity index (χ4v) is 1.09. The summed E-state index contributed by atoms with van der Waals surface area (Å²) in [5.74, 6) is 0. The number of rotatable bonds is 2. The van der Waals surface area contributed by atoms with Crippen LogP contribution in [0.3, 0.4) is 0 Å². The largest absolute Gasteiger partial charge is 0.399 e. The summed E-state index contributed by atoms with van der Waals surface area (Å²) in [5.41, 5.74) is 1.80. The molecule has 1 aromatic carbocycles. The first-order valence-corrected chi connectivity index (χ1v) is 3.95. The van der Waals surface area contributed by atoms with Gasteiger partial charge in [0.05, 0.1) is 5.71 Å². The highest BCUT2D eigenvalue weighted by Crippen LogP contribution is 2.11. The van der Waals surface area contributed by atoms with E-state index in [4.69, 9.17) is 11.6 Å². The third-order valence-electron chi connectivity index (χ3n) is 1.47. The Morgan fingerprint density at radius 1 is 1.50 bits per heavy atom. The Hall–Kier alpha value is -1.02. The van der Waals surface area contributed by atoms with Gasteiger partial charge in [-0.3, -0.25) is 0 Å². The lowest BCUT2D eigenvalue weighted by molar-refractivity contribution is 0.213. The zero-order valence-electron chi connectivity index (χ0n) is 7.04. The zero-order valence-corrected chi connectivity index (χ0v) is 7.80. The molecular weight excluding hydrogens is 174 g/mol. The fourth-order valence-electron chi connectivity index (χ4n) is 0.903. The molecular formula is C9H10ClNO. The van der Waals surface area contributed by atoms with Crippen molar-refractivity contribution in [1.29, 1.82) is 0 Å². The maximum absolute atomic E-state index is 5.79. The van der Waals surface area contributed by atoms with Crippen LogP contribution in [0.2, 0.25) is 5.02 Å². The molecule has 0 saturated carbocycles. The Kier molecular flexibility index (Phi) is 3.11. The highest BCUT2D eigenvalue weighted by atomic mass is 35.5. The van der Waals surface area contributed by atoms with Gasteiger partial charge in [0.25, 0.3) is 0 Å². The van der Waals surface area contributed by atoms with Crippen molar-refractivity contribution in [3.63, 3.8) is 0 Å². The second-order valence-corrected chi connectivity index (χ2v) is 2.81. The van der Waals surface area contributed by atoms with E-state index in [1.54, 1.807) is 0 Å². The molecule has 0 fully saturated rings. The molecule has 12 heavy (non-hydrogen) atoms. The first-order chi connectivity index (χ1) is 5.74. The van der Waals surface area contributed by atoms with Crippen LogP contribution in [0.15, 0.2) is 29.4 Å². The summed E-state index contributed by atoms with van der Waals surface area (Å²) >= 11 is 5.79. The molecule has 0 spiro atoms. The molecule has 0 saturated heterocycles. The second kappa shape index (κ2) is 4.12. The van der Waals surface area contributed by atoms with E-state index in [-0.39, 0.29) is 0 Å². The van der Waals surface area contributed by atoms with E-state index in [9.17, 15) is 0 Å². The van der Waals surface area contributed by atoms with Crippen molar-refractivity contribution in [3.8, 4) is 0 Å². The molecule has 0 heterocycles. The molecule has 3 heteroatoms. The Labute approximate surface area is 76.8 Å². The molecule has 0 amide bonds. The van der Waals surface area contributed by atoms with Gasteiger partial charge in [-0.2, -0.15) is 0 Å². The Bertz CT molecular complexity index is 296. The van der Waals surface area contributed by atoms with Crippen LogP contribution >= 0.6 is 11.6 Å². The molecule has 0 radical (unpaired) electrons. The highest BCUT2D eigenvalue weighted by molar-refractivity contribution is 6.31. The van der Waals surface area contributed by atoms with Crippen LogP contribution in [0.25, 0.3) is 0 Å². The van der Waals surface area contributed by atoms with Gasteiger partial charge in [-0.25, -0.2) is 0 Å². The summed E-state index contributed by atoms with van der Waals surface area (Å²) in [5, 5.41) is 4.50. The summed E-state index contributed by atoms with van der Waals surface area (Å²) in [4.78, 5) is 4.64. The molecule has 0 aliphatic rings. The van der Waals surface area contributed by atoms with Crippen molar-refractivity contribution in [2.24, 2.45) is 5.16 Å². The van der Waals surface area contributed by atoms with Gasteiger partial charge in [0, 0.05) is 10.6 Å². The Morgan fingerprint density at radius 2 is 2.25 bits per heavy atom. The topological polar surface area (TPSA) is 21.6 Å². The maximum atomic E-state index is 5.79. The average Bonchev–Trinajstić information content (AvgIpc) is 2.05. The number of benzene rings is 1. The van der Waals surface area contributed by atoms with Gasteiger partial charge in [-0.1, -0.05) is 28.9 Å². The molecule has 0 atom stereocenters. The van der Waals surface area contributed by atoms with Crippen molar-refractivity contribution >= 4 is 17.3 Å². The van der Waals surface area contributed by atoms with Crippen LogP contribution in [0.4, 0.5) is 0 Å². The number of nitrogens with zero attached hydrogens (tertiary/aromatic N) is 1. The molecule has 64 valence electrons. The van der Waals surface area contributed by atoms with Crippen LogP contribution in [0.5, 0.6) is 0 Å². The lowest BCUT2D eigenvalue weighted by Crippen LogP contribution is -1.94. The van der Waals surface area contributed by atoms with E-state index in [2.05, 4.69) is 9.99 Å². The normalized spacial score (nSPS) is 11.4. The minimum atomic E-state index is 0.707. The van der Waals surface area contributed by atoms with Crippen molar-refractivity contribution < 1.29 is 4.84 Å². The van der Waals surface area contributed by atoms with Crippen LogP contribution in [-0.4, -0.2) is 12.8 Å². The molecule has 1 aromatic rings. The summed E-state index contributed by atoms with van der Waals surface area (Å²) < 4.78 is 0. The van der Waals surface area contributed by atoms with Crippen molar-refractivity contribution in [2.75, 3.05) is 7.11 Å². The quantitative estimate of drug-likeness (QED) is 0.510. The van der Waals surface area contributed by atoms with Gasteiger partial charge in [0.15, 0.2) is 0 Å². The Balaban J connectivity index is 2.95. The van der Waals surface area contributed by atoms with Gasteiger partial charge in [-0.15, -0.1) is 0 Å². The van der Waals surface area contributed by atoms with E-state index in [1.165, 1.54) is 7.11 Å². The molecule has 0 aliphatic heterocycles. The molecule has 0 N–H and O–H groups in total. The minimum absolute atomic E-state index is 0.707. The molecule has 0 aromatic heterocycles. The molecule has 0 unspecified atom stereocenters. The van der Waals surface area contributed by atoms with Crippen LogP contribution in [-0.2, 0) is 4.84 Å². The maximum Gasteiger partial charge on any atom is 0.106 e. The Morgan fingerprint density at radius 3 is 2.83 bits per heavy atom. The molecule has 2 nitrogen and oxygen atoms in total. The number of hydrogen-bond acceptors (Lipinski definition) is 2. The minimum Gasteiger partial charge on any atom is -0.399 e. The van der Waals surface area contributed by atoms with E-state index in [0.717, 1.165) is 11.3 Å². The average molecular weight is 184 g/mol. The predicted octanol–water partition coefficient (Wildman–Crippen LogP) is 2.71. The van der Waals surface area contributed by atoms with E-state index in [0.29, 0.717) is 5.02 Å². The first kappa shape index (κ1) is 9.07. The standard InChI is InChI=1S/C9H10ClNO/c1-7(11-12-2)8-4-3-5-9(10)6-8/h3-6H,1-2H3. The van der Waals surface area contributed by atoms with E-state index >= 15 is 0 Å². The fraction of sp³-hybridized carbons (Fsp3) is 0.222. The third kappa shape index (κ3) is 2.24. The summed E-state index contributed by atoms with van der Waals surface area (Å²) in [7, 11) is 1.52. The van der Waals surface area contributed by atoms with Gasteiger partial charge >= 0.3 is 0 Å². The smallest absolute Gasteiger partial charge is 0.106 e. The van der Waals surface area contributed by atoms with Gasteiger partial charge < -0.3 is 4.84 Å². The predicted molar refractivity (Wildman–Crippen MR) is 50.7 cm³/mol. The van der Waals surface area contributed by atoms with Crippen LogP contribution in [0, 0.1) is 0 Å². The summed E-state index contributed by atoms with van der Waals surface area (Å²) in [6.45, 7) is 1.87. The third-order valence-corrected chi connectivity index (χ3v) is 1.71. The van der Waals surface area contributed by atoms with Crippen molar-refractivity contribution in [1.82, 2.24) is 0 Å². The van der Waals surface area contributed by atoms with Crippen molar-refractivity contribution in [3.05, 3.63) is 34.9 Å². The number of oxime groups is 1. The van der Waals surface area contributed by atoms with E-state index in [1.807, 2.05) is 31.2 Å². The zero-order chi connectivity index (χ0) is 8.97. The summed E-state index contributed by atoms with van der Waals surface area (Å²) in [6, 6.07) is 7.49. The van der Waals surface area contributed by atoms with Gasteiger partial charge in [-0.05, 0) is 19.1 Å². The van der Waals surface area contributed by atoms with Gasteiger partial charge in [0.1, 0.15) is 7.11 Å². The molecule has 0 bridgehead atoms. The lowest BCUT2D eigenvalue weighted by Gasteiger charge is -1.99. The SMILES string of the molecule is CON=C(C)c1cccc(Cl)c1. The monoisotopic (exact) mass is 183 g/mol. The molecule has 0 aliphatic carbocycles. The van der Waals surface area contributed by atoms with Crippen molar-refractivity contribution in [2.45, 2.75) is 6.92 Å². The highest BCUT2D eigenvalue weighted by Gasteiger charge is 1.97. The van der Waals surface area contributed by atoms with Crippen LogP contribution in [0.1, 0.15) is 12.5 Å². The molecule has 1 rings (SSSR count). The number of hydrogen-bond donors (Lipinski definition) is 0. The first-order valence-electron chi connectivity index (χ1n) is 3.57. The number of halogens is 1. The summed E-state index contributed by atoms with van der Waals surface area (Å²) in [6.07, 6.45) is 0.